The minimum absolute atomic E-state index is 0. The minimum atomic E-state index is 0. The molecule has 2 aliphatic rings. The Hall–Kier alpha value is 0.180. The van der Waals surface area contributed by atoms with Crippen LogP contribution in [-0.4, -0.2) is 30.7 Å². The molecule has 0 aromatic rings. The predicted molar refractivity (Wildman–Crippen MR) is 42.7 cm³/mol. The van der Waals surface area contributed by atoms with Gasteiger partial charge in [0.1, 0.15) is 6.04 Å². The highest BCUT2D eigenvalue weighted by molar-refractivity contribution is 5.08. The third-order valence-corrected chi connectivity index (χ3v) is 3.31. The molecular weight excluding hydrogens is 202 g/mol. The van der Waals surface area contributed by atoms with Crippen molar-refractivity contribution in [2.45, 2.75) is 25.3 Å². The Morgan fingerprint density at radius 2 is 2.18 bits per heavy atom. The van der Waals surface area contributed by atoms with Gasteiger partial charge in [0, 0.05) is 19.3 Å². The number of quaternary nitrogens is 1. The van der Waals surface area contributed by atoms with Crippen LogP contribution in [0.1, 0.15) is 19.3 Å². The second-order valence-corrected chi connectivity index (χ2v) is 3.99. The van der Waals surface area contributed by atoms with E-state index in [1.807, 2.05) is 0 Å². The smallest absolute Gasteiger partial charge is 0.111 e. The molecule has 0 aliphatic carbocycles. The molecule has 2 aliphatic heterocycles. The molecule has 2 heteroatoms. The van der Waals surface area contributed by atoms with E-state index in [9.17, 15) is 0 Å². The molecule has 0 bridgehead atoms. The summed E-state index contributed by atoms with van der Waals surface area (Å²) in [5.74, 6) is 0. The van der Waals surface area contributed by atoms with Gasteiger partial charge in [-0.15, -0.1) is 0 Å². The molecule has 1 nitrogen and oxygen atoms in total. The average molecular weight is 218 g/mol. The number of halogens is 1. The lowest BCUT2D eigenvalue weighted by molar-refractivity contribution is -0.905. The van der Waals surface area contributed by atoms with E-state index < -0.39 is 0 Å². The molecule has 2 rings (SSSR count). The molecule has 11 heavy (non-hydrogen) atoms. The third kappa shape index (κ3) is 1.27. The molecule has 0 amide bonds. The number of nitrogens with zero attached hydrogens (tertiary/aromatic N) is 1. The van der Waals surface area contributed by atoms with E-state index in [2.05, 4.69) is 13.6 Å². The van der Waals surface area contributed by atoms with Crippen molar-refractivity contribution in [3.8, 4) is 0 Å². The van der Waals surface area contributed by atoms with Gasteiger partial charge in [0.2, 0.25) is 0 Å². The topological polar surface area (TPSA) is 0 Å². The van der Waals surface area contributed by atoms with Gasteiger partial charge in [-0.25, -0.2) is 0 Å². The summed E-state index contributed by atoms with van der Waals surface area (Å²) in [6.45, 7) is 6.87. The number of fused-ring (bicyclic) bond motifs is 1. The van der Waals surface area contributed by atoms with Crippen LogP contribution < -0.4 is 17.0 Å². The van der Waals surface area contributed by atoms with E-state index in [0.29, 0.717) is 0 Å². The molecule has 0 saturated carbocycles. The molecular formula is C9H16BrN. The van der Waals surface area contributed by atoms with Gasteiger partial charge in [-0.3, -0.25) is 0 Å². The highest BCUT2D eigenvalue weighted by Gasteiger charge is 2.44. The highest BCUT2D eigenvalue weighted by Crippen LogP contribution is 2.36. The van der Waals surface area contributed by atoms with E-state index in [1.165, 1.54) is 42.4 Å². The van der Waals surface area contributed by atoms with Crippen molar-refractivity contribution in [3.05, 3.63) is 12.2 Å². The second-order valence-electron chi connectivity index (χ2n) is 3.99. The fraction of sp³-hybridized carbons (Fsp3) is 0.778. The molecule has 0 aromatic heterocycles. The van der Waals surface area contributed by atoms with Gasteiger partial charge in [-0.1, -0.05) is 6.58 Å². The van der Waals surface area contributed by atoms with Crippen molar-refractivity contribution in [2.75, 3.05) is 20.1 Å². The van der Waals surface area contributed by atoms with Gasteiger partial charge >= 0.3 is 0 Å². The Balaban J connectivity index is 0.000000605. The quantitative estimate of drug-likeness (QED) is 0.345. The lowest BCUT2D eigenvalue weighted by Crippen LogP contribution is -3.00. The van der Waals surface area contributed by atoms with Crippen molar-refractivity contribution in [1.29, 1.82) is 0 Å². The van der Waals surface area contributed by atoms with Crippen molar-refractivity contribution >= 4 is 0 Å². The first-order valence-electron chi connectivity index (χ1n) is 4.24. The van der Waals surface area contributed by atoms with E-state index >= 15 is 0 Å². The van der Waals surface area contributed by atoms with Crippen LogP contribution in [0.15, 0.2) is 12.2 Å². The first-order chi connectivity index (χ1) is 4.72. The van der Waals surface area contributed by atoms with Crippen molar-refractivity contribution in [2.24, 2.45) is 0 Å². The van der Waals surface area contributed by atoms with Crippen LogP contribution in [0.25, 0.3) is 0 Å². The monoisotopic (exact) mass is 217 g/mol. The van der Waals surface area contributed by atoms with E-state index in [0.717, 1.165) is 6.04 Å². The molecule has 0 N–H and O–H groups in total. The summed E-state index contributed by atoms with van der Waals surface area (Å²) < 4.78 is 1.30. The summed E-state index contributed by atoms with van der Waals surface area (Å²) in [5.41, 5.74) is 1.51. The molecule has 2 unspecified atom stereocenters. The number of hydrogen-bond acceptors (Lipinski definition) is 0. The first-order valence-corrected chi connectivity index (χ1v) is 4.24. The number of hydrogen-bond donors (Lipinski definition) is 0. The van der Waals surface area contributed by atoms with Gasteiger partial charge in [-0.05, 0) is 5.57 Å². The molecule has 0 radical (unpaired) electrons. The summed E-state index contributed by atoms with van der Waals surface area (Å²) in [4.78, 5) is 0. The Morgan fingerprint density at radius 1 is 1.45 bits per heavy atom. The maximum Gasteiger partial charge on any atom is 0.111 e. The lowest BCUT2D eigenvalue weighted by Gasteiger charge is -2.29. The Morgan fingerprint density at radius 3 is 2.82 bits per heavy atom. The maximum absolute atomic E-state index is 4.13. The van der Waals surface area contributed by atoms with Gasteiger partial charge in [0.25, 0.3) is 0 Å². The van der Waals surface area contributed by atoms with Crippen LogP contribution in [0.2, 0.25) is 0 Å². The third-order valence-electron chi connectivity index (χ3n) is 3.31. The van der Waals surface area contributed by atoms with E-state index in [4.69, 9.17) is 0 Å². The van der Waals surface area contributed by atoms with Crippen LogP contribution >= 0.6 is 0 Å². The van der Waals surface area contributed by atoms with Crippen LogP contribution in [0.4, 0.5) is 0 Å². The van der Waals surface area contributed by atoms with E-state index in [1.54, 1.807) is 0 Å². The van der Waals surface area contributed by atoms with Crippen LogP contribution in [0, 0.1) is 0 Å². The van der Waals surface area contributed by atoms with Crippen LogP contribution in [-0.2, 0) is 0 Å². The molecule has 2 saturated heterocycles. The zero-order chi connectivity index (χ0) is 7.19. The SMILES string of the molecule is C=C1CC[N+]2(C)CCCC12.[Br-]. The summed E-state index contributed by atoms with van der Waals surface area (Å²) in [6, 6.07) is 0.833. The summed E-state index contributed by atoms with van der Waals surface area (Å²) in [5, 5.41) is 0. The average Bonchev–Trinajstić information content (AvgIpc) is 2.35. The largest absolute Gasteiger partial charge is 1.00 e. The van der Waals surface area contributed by atoms with Gasteiger partial charge in [0.05, 0.1) is 20.1 Å². The van der Waals surface area contributed by atoms with Crippen molar-refractivity contribution in [3.63, 3.8) is 0 Å². The Kier molecular flexibility index (Phi) is 2.45. The number of likely N-dealkylation sites (N-methyl/N-ethyl adjacent to an activating group) is 1. The molecule has 2 heterocycles. The van der Waals surface area contributed by atoms with Gasteiger partial charge in [-0.2, -0.15) is 0 Å². The Bertz CT molecular complexity index is 178. The zero-order valence-electron chi connectivity index (χ0n) is 7.15. The molecule has 2 atom stereocenters. The fourth-order valence-corrected chi connectivity index (χ4v) is 2.59. The summed E-state index contributed by atoms with van der Waals surface area (Å²) >= 11 is 0. The van der Waals surface area contributed by atoms with Gasteiger partial charge in [0.15, 0.2) is 0 Å². The van der Waals surface area contributed by atoms with Crippen molar-refractivity contribution < 1.29 is 21.5 Å². The predicted octanol–water partition coefficient (Wildman–Crippen LogP) is -1.44. The molecule has 64 valence electrons. The molecule has 2 fully saturated rings. The summed E-state index contributed by atoms with van der Waals surface area (Å²) in [7, 11) is 2.38. The summed E-state index contributed by atoms with van der Waals surface area (Å²) in [6.07, 6.45) is 4.09. The van der Waals surface area contributed by atoms with E-state index in [-0.39, 0.29) is 17.0 Å². The zero-order valence-corrected chi connectivity index (χ0v) is 8.73. The van der Waals surface area contributed by atoms with Gasteiger partial charge < -0.3 is 21.5 Å². The second kappa shape index (κ2) is 2.91. The van der Waals surface area contributed by atoms with Crippen LogP contribution in [0.3, 0.4) is 0 Å². The first kappa shape index (κ1) is 9.27. The molecule has 0 aromatic carbocycles. The maximum atomic E-state index is 4.13. The highest BCUT2D eigenvalue weighted by atomic mass is 79.9. The standard InChI is InChI=1S/C9H16N.BrH/c1-8-5-7-10(2)6-3-4-9(8)10;/h9H,1,3-7H2,2H3;1H/q+1;/p-1. The minimum Gasteiger partial charge on any atom is -1.00 e. The normalized spacial score (nSPS) is 41.9. The fourth-order valence-electron chi connectivity index (χ4n) is 2.59. The Labute approximate surface area is 79.4 Å². The van der Waals surface area contributed by atoms with Crippen LogP contribution in [0.5, 0.6) is 0 Å². The van der Waals surface area contributed by atoms with Crippen molar-refractivity contribution in [1.82, 2.24) is 0 Å². The lowest BCUT2D eigenvalue weighted by atomic mass is 10.1. The number of rotatable bonds is 0. The molecule has 0 spiro atoms.